The summed E-state index contributed by atoms with van der Waals surface area (Å²) in [6.07, 6.45) is -0.162. The molecule has 0 spiro atoms. The maximum Gasteiger partial charge on any atom is 0.442 e. The summed E-state index contributed by atoms with van der Waals surface area (Å²) in [6.45, 7) is 5.73. The fourth-order valence-corrected chi connectivity index (χ4v) is 4.00. The summed E-state index contributed by atoms with van der Waals surface area (Å²) in [4.78, 5) is 29.8. The Kier molecular flexibility index (Phi) is 7.25. The molecular weight excluding hydrogens is 388 g/mol. The number of carbonyl (C=O) groups excluding carboxylic acids is 2. The van der Waals surface area contributed by atoms with Crippen LogP contribution in [0.15, 0.2) is 30.3 Å². The van der Waals surface area contributed by atoms with Crippen LogP contribution in [0.3, 0.4) is 0 Å². The molecule has 1 N–H and O–H groups in total. The smallest absolute Gasteiger partial charge is 0.442 e. The lowest BCUT2D eigenvalue weighted by atomic mass is 9.96. The minimum Gasteiger partial charge on any atom is -0.445 e. The first kappa shape index (κ1) is 22.0. The fraction of sp³-hybridized carbons (Fsp3) is 0.556. The summed E-state index contributed by atoms with van der Waals surface area (Å²) in [7, 11) is -4.46. The van der Waals surface area contributed by atoms with Crippen LogP contribution in [-0.4, -0.2) is 44.0 Å². The second-order valence-electron chi connectivity index (χ2n) is 7.56. The fourth-order valence-electron chi connectivity index (χ4n) is 2.66. The molecular formula is C18H26N2O7S. The molecule has 0 bridgehead atoms. The summed E-state index contributed by atoms with van der Waals surface area (Å²) in [6, 6.07) is 8.95. The summed E-state index contributed by atoms with van der Waals surface area (Å²) < 4.78 is 34.6. The number of hydrogen-bond acceptors (Lipinski definition) is 7. The lowest BCUT2D eigenvalue weighted by molar-refractivity contribution is -0.149. The van der Waals surface area contributed by atoms with Crippen molar-refractivity contribution in [3.63, 3.8) is 0 Å². The number of alkyl carbamates (subject to hydrolysis) is 1. The number of amides is 2. The molecule has 9 nitrogen and oxygen atoms in total. The Labute approximate surface area is 165 Å². The van der Waals surface area contributed by atoms with Gasteiger partial charge in [0.1, 0.15) is 6.61 Å². The van der Waals surface area contributed by atoms with Gasteiger partial charge in [0.25, 0.3) is 0 Å². The van der Waals surface area contributed by atoms with Gasteiger partial charge in [-0.25, -0.2) is 9.59 Å². The van der Waals surface area contributed by atoms with E-state index in [1.54, 1.807) is 45.0 Å². The van der Waals surface area contributed by atoms with Gasteiger partial charge in [-0.2, -0.15) is 8.42 Å². The van der Waals surface area contributed by atoms with Gasteiger partial charge in [-0.1, -0.05) is 51.1 Å². The lowest BCUT2D eigenvalue weighted by Crippen LogP contribution is -2.50. The summed E-state index contributed by atoms with van der Waals surface area (Å²) >= 11 is 0. The zero-order chi connectivity index (χ0) is 20.8. The van der Waals surface area contributed by atoms with Crippen LogP contribution in [0.1, 0.15) is 39.2 Å². The molecule has 1 aromatic carbocycles. The van der Waals surface area contributed by atoms with Gasteiger partial charge in [0.05, 0.1) is 0 Å². The number of benzene rings is 1. The zero-order valence-corrected chi connectivity index (χ0v) is 17.0. The molecule has 1 aliphatic heterocycles. The molecule has 2 rings (SSSR count). The van der Waals surface area contributed by atoms with Crippen LogP contribution >= 0.6 is 0 Å². The van der Waals surface area contributed by atoms with Crippen molar-refractivity contribution < 1.29 is 32.0 Å². The Balaban J connectivity index is 1.96. The van der Waals surface area contributed by atoms with Crippen LogP contribution in [-0.2, 0) is 30.7 Å². The highest BCUT2D eigenvalue weighted by molar-refractivity contribution is 7.87. The number of nitrogens with zero attached hydrogens (tertiary/aromatic N) is 1. The molecule has 28 heavy (non-hydrogen) atoms. The van der Waals surface area contributed by atoms with Crippen LogP contribution in [0.2, 0.25) is 0 Å². The van der Waals surface area contributed by atoms with Crippen molar-refractivity contribution in [2.75, 3.05) is 13.1 Å². The van der Waals surface area contributed by atoms with Crippen molar-refractivity contribution in [2.24, 2.45) is 5.41 Å². The molecule has 156 valence electrons. The predicted molar refractivity (Wildman–Crippen MR) is 100 cm³/mol. The molecule has 0 aliphatic carbocycles. The Morgan fingerprint density at radius 3 is 2.32 bits per heavy atom. The van der Waals surface area contributed by atoms with E-state index in [4.69, 9.17) is 4.74 Å². The second kappa shape index (κ2) is 9.24. The highest BCUT2D eigenvalue weighted by Crippen LogP contribution is 2.25. The molecule has 10 heteroatoms. The SMILES string of the molecule is CC(C)(C)C(NC(=O)OCc1ccccc1)S(=O)(=O)OOC(=O)N1CCCC1. The van der Waals surface area contributed by atoms with Crippen LogP contribution < -0.4 is 5.32 Å². The standard InChI is InChI=1S/C18H26N2O7S/c1-18(2,3)15(19-16(21)25-13-14-9-5-4-6-10-14)28(23,24)27-26-17(22)20-11-7-8-12-20/h4-6,9-10,15H,7-8,11-13H2,1-3H3,(H,19,21). The lowest BCUT2D eigenvalue weighted by Gasteiger charge is -2.29. The Hall–Kier alpha value is -2.33. The van der Waals surface area contributed by atoms with Gasteiger partial charge in [0, 0.05) is 13.1 Å². The van der Waals surface area contributed by atoms with Crippen LogP contribution in [0.4, 0.5) is 9.59 Å². The van der Waals surface area contributed by atoms with E-state index in [0.29, 0.717) is 13.1 Å². The first-order valence-corrected chi connectivity index (χ1v) is 10.4. The molecule has 0 saturated carbocycles. The third kappa shape index (κ3) is 6.38. The number of likely N-dealkylation sites (tertiary alicyclic amines) is 1. The largest absolute Gasteiger partial charge is 0.445 e. The van der Waals surface area contributed by atoms with E-state index in [1.807, 2.05) is 6.07 Å². The Morgan fingerprint density at radius 2 is 1.75 bits per heavy atom. The average molecular weight is 414 g/mol. The highest BCUT2D eigenvalue weighted by Gasteiger charge is 2.41. The molecule has 1 fully saturated rings. The Bertz CT molecular complexity index is 769. The molecule has 1 unspecified atom stereocenters. The number of carbonyl (C=O) groups is 2. The molecule has 1 atom stereocenters. The number of nitrogens with one attached hydrogen (secondary N) is 1. The molecule has 1 aliphatic rings. The number of ether oxygens (including phenoxy) is 1. The van der Waals surface area contributed by atoms with Gasteiger partial charge in [-0.05, 0) is 28.2 Å². The van der Waals surface area contributed by atoms with Crippen LogP contribution in [0.5, 0.6) is 0 Å². The average Bonchev–Trinajstić information content (AvgIpc) is 3.17. The van der Waals surface area contributed by atoms with E-state index in [9.17, 15) is 18.0 Å². The van der Waals surface area contributed by atoms with Crippen molar-refractivity contribution in [2.45, 2.75) is 45.6 Å². The van der Waals surface area contributed by atoms with Crippen molar-refractivity contribution in [3.05, 3.63) is 35.9 Å². The second-order valence-corrected chi connectivity index (χ2v) is 9.15. The first-order valence-electron chi connectivity index (χ1n) is 8.96. The maximum absolute atomic E-state index is 12.5. The van der Waals surface area contributed by atoms with Gasteiger partial charge >= 0.3 is 22.3 Å². The van der Waals surface area contributed by atoms with Gasteiger partial charge in [-0.3, -0.25) is 4.89 Å². The molecule has 1 saturated heterocycles. The zero-order valence-electron chi connectivity index (χ0n) is 16.2. The molecule has 2 amide bonds. The van der Waals surface area contributed by atoms with Crippen molar-refractivity contribution >= 4 is 22.3 Å². The van der Waals surface area contributed by atoms with Crippen molar-refractivity contribution in [3.8, 4) is 0 Å². The van der Waals surface area contributed by atoms with E-state index >= 15 is 0 Å². The van der Waals surface area contributed by atoms with Gasteiger partial charge in [-0.15, -0.1) is 0 Å². The van der Waals surface area contributed by atoms with Gasteiger partial charge < -0.3 is 15.0 Å². The third-order valence-electron chi connectivity index (χ3n) is 4.10. The van der Waals surface area contributed by atoms with E-state index < -0.39 is 33.1 Å². The third-order valence-corrected chi connectivity index (χ3v) is 5.76. The first-order chi connectivity index (χ1) is 13.1. The van der Waals surface area contributed by atoms with Crippen molar-refractivity contribution in [1.82, 2.24) is 10.2 Å². The van der Waals surface area contributed by atoms with Crippen LogP contribution in [0.25, 0.3) is 0 Å². The predicted octanol–water partition coefficient (Wildman–Crippen LogP) is 2.78. The minimum absolute atomic E-state index is 0.0195. The monoisotopic (exact) mass is 414 g/mol. The van der Waals surface area contributed by atoms with E-state index in [0.717, 1.165) is 18.4 Å². The van der Waals surface area contributed by atoms with Gasteiger partial charge in [0.2, 0.25) is 0 Å². The van der Waals surface area contributed by atoms with Gasteiger partial charge in [0.15, 0.2) is 5.37 Å². The van der Waals surface area contributed by atoms with E-state index in [2.05, 4.69) is 14.5 Å². The topological polar surface area (TPSA) is 111 Å². The van der Waals surface area contributed by atoms with E-state index in [1.165, 1.54) is 4.90 Å². The molecule has 0 radical (unpaired) electrons. The van der Waals surface area contributed by atoms with E-state index in [-0.39, 0.29) is 6.61 Å². The summed E-state index contributed by atoms with van der Waals surface area (Å²) in [5, 5.41) is 0.791. The summed E-state index contributed by atoms with van der Waals surface area (Å²) in [5.74, 6) is 0. The number of rotatable bonds is 6. The maximum atomic E-state index is 12.5. The molecule has 1 aromatic rings. The molecule has 1 heterocycles. The quantitative estimate of drug-likeness (QED) is 0.563. The summed E-state index contributed by atoms with van der Waals surface area (Å²) in [5.41, 5.74) is -0.200. The highest BCUT2D eigenvalue weighted by atomic mass is 32.2. The minimum atomic E-state index is -4.46. The Morgan fingerprint density at radius 1 is 1.14 bits per heavy atom. The number of hydrogen-bond donors (Lipinski definition) is 1. The normalized spacial score (nSPS) is 15.8. The van der Waals surface area contributed by atoms with Crippen molar-refractivity contribution in [1.29, 1.82) is 0 Å². The molecule has 0 aromatic heterocycles. The van der Waals surface area contributed by atoms with Crippen LogP contribution in [0, 0.1) is 5.41 Å².